The highest BCUT2D eigenvalue weighted by Gasteiger charge is 2.60. The van der Waals surface area contributed by atoms with Crippen LogP contribution in [0.5, 0.6) is 0 Å². The Labute approximate surface area is 337 Å². The Kier molecular flexibility index (Phi) is 14.1. The maximum atomic E-state index is 14.7. The maximum absolute atomic E-state index is 14.7. The number of aromatic nitrogens is 3. The molecule has 0 saturated carbocycles. The molecule has 2 aromatic rings. The third kappa shape index (κ3) is 8.99. The number of aliphatic hydroxyl groups excluding tert-OH is 1. The first-order valence-electron chi connectivity index (χ1n) is 20.6. The van der Waals surface area contributed by atoms with Crippen LogP contribution in [0, 0.1) is 35.5 Å². The molecule has 13 atom stereocenters. The fraction of sp³-hybridized carbons (Fsp3) is 0.721. The summed E-state index contributed by atoms with van der Waals surface area (Å²) in [4.78, 5) is 67.2. The quantitative estimate of drug-likeness (QED) is 0.171. The van der Waals surface area contributed by atoms with Crippen molar-refractivity contribution < 1.29 is 48.0 Å². The molecular weight excluding hydrogens is 732 g/mol. The SMILES string of the molecule is CCCC1OC(=O)[C@H](C)C(=O)[C@H](C)C(O[C@@H]2O[C@H](C)C[C@H](C(C)C)[C@H]2O)[C@](C)(OC)C[C@@H](C)C(=O)[C@H](C)[C@@H]2N(C/C=C/Cn3cnc4ncccc43)C(=O)O[C@]12C. The van der Waals surface area contributed by atoms with Crippen molar-refractivity contribution in [1.29, 1.82) is 0 Å². The summed E-state index contributed by atoms with van der Waals surface area (Å²) < 4.78 is 33.3. The zero-order chi connectivity index (χ0) is 42.0. The minimum atomic E-state index is -1.43. The first-order valence-corrected chi connectivity index (χ1v) is 20.6. The van der Waals surface area contributed by atoms with E-state index < -0.39 is 83.4 Å². The van der Waals surface area contributed by atoms with Crippen molar-refractivity contribution in [2.45, 2.75) is 149 Å². The Bertz CT molecular complexity index is 1780. The van der Waals surface area contributed by atoms with Gasteiger partial charge >= 0.3 is 12.1 Å². The van der Waals surface area contributed by atoms with Crippen molar-refractivity contribution in [2.24, 2.45) is 35.5 Å². The molecule has 316 valence electrons. The number of aliphatic hydroxyl groups is 1. The van der Waals surface area contributed by atoms with E-state index in [9.17, 15) is 24.3 Å². The lowest BCUT2D eigenvalue weighted by molar-refractivity contribution is -0.299. The fourth-order valence-electron chi connectivity index (χ4n) is 9.42. The van der Waals surface area contributed by atoms with Crippen LogP contribution < -0.4 is 0 Å². The molecule has 2 unspecified atom stereocenters. The molecule has 5 heterocycles. The summed E-state index contributed by atoms with van der Waals surface area (Å²) in [6.07, 6.45) is 3.91. The standard InChI is InChI=1S/C43H64N4O10/c1-12-16-32-43(10)36(47(41(52)57-43)20-14-13-19-46-23-45-38-31(46)17-15-18-44-38)27(6)33(48)25(4)22-42(9,53-11)37(28(7)34(49)29(8)39(51)55-32)56-40-35(50)30(24(2)3)21-26(5)54-40/h13-15,17-18,23-30,32,35-37,40,50H,12,16,19-22H2,1-11H3/b14-13+/t25-,26-,27+,28+,29-,30-,32?,35-,36+,37?,40+,42-,43-/m1/s1. The lowest BCUT2D eigenvalue weighted by Crippen LogP contribution is -2.59. The second-order valence-corrected chi connectivity index (χ2v) is 17.3. The number of carbonyl (C=O) groups is 4. The van der Waals surface area contributed by atoms with Crippen LogP contribution in [0.15, 0.2) is 36.8 Å². The van der Waals surface area contributed by atoms with Gasteiger partial charge in [-0.1, -0.05) is 60.1 Å². The Morgan fingerprint density at radius 1 is 1.02 bits per heavy atom. The van der Waals surface area contributed by atoms with Gasteiger partial charge in [-0.25, -0.2) is 14.8 Å². The first-order chi connectivity index (χ1) is 26.9. The molecule has 0 spiro atoms. The van der Waals surface area contributed by atoms with Gasteiger partial charge < -0.3 is 33.4 Å². The van der Waals surface area contributed by atoms with E-state index in [1.54, 1.807) is 40.2 Å². The summed E-state index contributed by atoms with van der Waals surface area (Å²) in [5.41, 5.74) is -1.19. The Morgan fingerprint density at radius 2 is 1.72 bits per heavy atom. The van der Waals surface area contributed by atoms with Crippen LogP contribution in [0.3, 0.4) is 0 Å². The average Bonchev–Trinajstić information content (AvgIpc) is 3.71. The van der Waals surface area contributed by atoms with Gasteiger partial charge in [0.15, 0.2) is 23.3 Å². The van der Waals surface area contributed by atoms with Gasteiger partial charge in [0.05, 0.1) is 35.7 Å². The topological polar surface area (TPSA) is 169 Å². The minimum Gasteiger partial charge on any atom is -0.457 e. The number of amides is 1. The molecule has 0 aliphatic carbocycles. The highest BCUT2D eigenvalue weighted by atomic mass is 16.7. The Balaban J connectivity index is 1.51. The van der Waals surface area contributed by atoms with Crippen molar-refractivity contribution in [3.05, 3.63) is 36.8 Å². The molecule has 5 rings (SSSR count). The van der Waals surface area contributed by atoms with Crippen LogP contribution in [0.1, 0.15) is 94.9 Å². The van der Waals surface area contributed by atoms with Gasteiger partial charge in [0, 0.05) is 44.1 Å². The van der Waals surface area contributed by atoms with Gasteiger partial charge in [-0.3, -0.25) is 19.3 Å². The van der Waals surface area contributed by atoms with Crippen molar-refractivity contribution in [2.75, 3.05) is 13.7 Å². The van der Waals surface area contributed by atoms with Crippen LogP contribution in [-0.4, -0.2) is 110 Å². The van der Waals surface area contributed by atoms with Crippen LogP contribution >= 0.6 is 0 Å². The van der Waals surface area contributed by atoms with E-state index in [0.29, 0.717) is 31.5 Å². The van der Waals surface area contributed by atoms with E-state index in [1.165, 1.54) is 18.9 Å². The number of esters is 1. The molecule has 14 nitrogen and oxygen atoms in total. The highest BCUT2D eigenvalue weighted by molar-refractivity contribution is 6.00. The summed E-state index contributed by atoms with van der Waals surface area (Å²) in [6, 6.07) is 2.94. The molecule has 2 aromatic heterocycles. The summed E-state index contributed by atoms with van der Waals surface area (Å²) in [5.74, 6) is -4.95. The van der Waals surface area contributed by atoms with Crippen molar-refractivity contribution in [3.63, 3.8) is 0 Å². The molecule has 0 aromatic carbocycles. The lowest BCUT2D eigenvalue weighted by Gasteiger charge is -2.47. The Hall–Kier alpha value is -3.72. The molecule has 0 radical (unpaired) electrons. The zero-order valence-electron chi connectivity index (χ0n) is 35.5. The van der Waals surface area contributed by atoms with E-state index in [1.807, 2.05) is 63.5 Å². The number of ether oxygens (including phenoxy) is 5. The monoisotopic (exact) mass is 796 g/mol. The number of ketones is 2. The number of pyridine rings is 1. The fourth-order valence-corrected chi connectivity index (χ4v) is 9.42. The summed E-state index contributed by atoms with van der Waals surface area (Å²) in [6.45, 7) is 18.8. The van der Waals surface area contributed by atoms with Gasteiger partial charge in [-0.05, 0) is 70.9 Å². The minimum absolute atomic E-state index is 0.116. The van der Waals surface area contributed by atoms with Gasteiger partial charge in [0.2, 0.25) is 0 Å². The third-order valence-electron chi connectivity index (χ3n) is 12.8. The molecule has 3 saturated heterocycles. The normalized spacial score (nSPS) is 37.4. The molecule has 57 heavy (non-hydrogen) atoms. The van der Waals surface area contributed by atoms with E-state index in [-0.39, 0.29) is 36.7 Å². The third-order valence-corrected chi connectivity index (χ3v) is 12.8. The number of allylic oxidation sites excluding steroid dienone is 1. The van der Waals surface area contributed by atoms with E-state index in [4.69, 9.17) is 23.7 Å². The molecular formula is C43H64N4O10. The van der Waals surface area contributed by atoms with Gasteiger partial charge in [-0.2, -0.15) is 0 Å². The molecule has 1 N–H and O–H groups in total. The molecule has 1 amide bonds. The van der Waals surface area contributed by atoms with Crippen LogP contribution in [0.2, 0.25) is 0 Å². The number of nitrogens with zero attached hydrogens (tertiary/aromatic N) is 4. The van der Waals surface area contributed by atoms with Gasteiger partial charge in [-0.15, -0.1) is 0 Å². The number of imidazole rings is 1. The molecule has 3 fully saturated rings. The van der Waals surface area contributed by atoms with Gasteiger partial charge in [0.1, 0.15) is 23.9 Å². The molecule has 0 bridgehead atoms. The average molecular weight is 797 g/mol. The van der Waals surface area contributed by atoms with Crippen molar-refractivity contribution in [1.82, 2.24) is 19.4 Å². The number of hydrogen-bond acceptors (Lipinski definition) is 12. The number of methoxy groups -OCH3 is 1. The predicted octanol–water partition coefficient (Wildman–Crippen LogP) is 5.92. The molecule has 14 heteroatoms. The number of Topliss-reactive ketones (excluding diaryl/α,β-unsaturated/α-hetero) is 2. The van der Waals surface area contributed by atoms with Crippen LogP contribution in [0.4, 0.5) is 4.79 Å². The zero-order valence-corrected chi connectivity index (χ0v) is 35.5. The second kappa shape index (κ2) is 18.0. The number of carbonyl (C=O) groups excluding carboxylic acids is 4. The van der Waals surface area contributed by atoms with Crippen molar-refractivity contribution in [3.8, 4) is 0 Å². The van der Waals surface area contributed by atoms with E-state index in [0.717, 1.165) is 5.52 Å². The maximum Gasteiger partial charge on any atom is 0.411 e. The highest BCUT2D eigenvalue weighted by Crippen LogP contribution is 2.43. The summed E-state index contributed by atoms with van der Waals surface area (Å²) in [7, 11) is 1.50. The predicted molar refractivity (Wildman–Crippen MR) is 212 cm³/mol. The number of cyclic esters (lactones) is 1. The summed E-state index contributed by atoms with van der Waals surface area (Å²) >= 11 is 0. The first kappa shape index (κ1) is 44.4. The number of rotatable bonds is 10. The number of fused-ring (bicyclic) bond motifs is 2. The Morgan fingerprint density at radius 3 is 2.39 bits per heavy atom. The summed E-state index contributed by atoms with van der Waals surface area (Å²) in [5, 5.41) is 11.5. The smallest absolute Gasteiger partial charge is 0.411 e. The largest absolute Gasteiger partial charge is 0.457 e. The van der Waals surface area contributed by atoms with E-state index >= 15 is 0 Å². The molecule has 3 aliphatic rings. The lowest BCUT2D eigenvalue weighted by atomic mass is 9.73. The van der Waals surface area contributed by atoms with Crippen LogP contribution in [0.25, 0.3) is 11.2 Å². The molecule has 3 aliphatic heterocycles. The second-order valence-electron chi connectivity index (χ2n) is 17.3. The van der Waals surface area contributed by atoms with Crippen molar-refractivity contribution >= 4 is 34.8 Å². The van der Waals surface area contributed by atoms with E-state index in [2.05, 4.69) is 9.97 Å². The van der Waals surface area contributed by atoms with Crippen LogP contribution in [-0.2, 0) is 44.6 Å². The van der Waals surface area contributed by atoms with Gasteiger partial charge in [0.25, 0.3) is 0 Å². The number of hydrogen-bond donors (Lipinski definition) is 1.